The topological polar surface area (TPSA) is 90.7 Å². The van der Waals surface area contributed by atoms with Crippen LogP contribution in [-0.4, -0.2) is 11.1 Å². The smallest absolute Gasteiger partial charge is 0.258 e. The first kappa shape index (κ1) is 16.4. The fourth-order valence-corrected chi connectivity index (χ4v) is 1.74. The highest BCUT2D eigenvalue weighted by Gasteiger charge is 2.37. The lowest BCUT2D eigenvalue weighted by atomic mass is 9.80. The summed E-state index contributed by atoms with van der Waals surface area (Å²) in [6.45, 7) is 0. The van der Waals surface area contributed by atoms with Crippen LogP contribution in [0.1, 0.15) is 18.4 Å². The van der Waals surface area contributed by atoms with Gasteiger partial charge in [-0.2, -0.15) is 23.7 Å². The van der Waals surface area contributed by atoms with Crippen LogP contribution in [-0.2, 0) is 6.42 Å². The van der Waals surface area contributed by atoms with Crippen LogP contribution in [0, 0.1) is 38.2 Å². The van der Waals surface area contributed by atoms with Crippen molar-refractivity contribution in [2.24, 2.45) is 5.41 Å². The average molecular weight is 297 g/mol. The zero-order valence-electron chi connectivity index (χ0n) is 10.7. The molecule has 5 nitrogen and oxygen atoms in total. The fourth-order valence-electron chi connectivity index (χ4n) is 1.74. The van der Waals surface area contributed by atoms with Gasteiger partial charge in [-0.1, -0.05) is 12.1 Å². The minimum Gasteiger partial charge on any atom is -0.258 e. The molecular formula is C13H10F3N3O2. The summed E-state index contributed by atoms with van der Waals surface area (Å²) in [6.07, 6.45) is -6.54. The van der Waals surface area contributed by atoms with Crippen LogP contribution in [0.5, 0.6) is 0 Å². The fraction of sp³-hybridized carbons (Fsp3) is 0.385. The lowest BCUT2D eigenvalue weighted by molar-refractivity contribution is -0.384. The second kappa shape index (κ2) is 6.23. The van der Waals surface area contributed by atoms with Gasteiger partial charge in [0.1, 0.15) is 5.41 Å². The lowest BCUT2D eigenvalue weighted by Gasteiger charge is -2.19. The molecule has 1 rings (SSSR count). The van der Waals surface area contributed by atoms with Gasteiger partial charge in [-0.3, -0.25) is 10.1 Å². The van der Waals surface area contributed by atoms with E-state index in [1.54, 1.807) is 12.1 Å². The standard InChI is InChI=1S/C13H10F3N3O2/c14-13(15,16)6-5-12(8-17,9-18)7-10-1-3-11(4-2-10)19(20)21/h1-4H,5-7H2. The molecule has 0 heterocycles. The predicted molar refractivity (Wildman–Crippen MR) is 65.7 cm³/mol. The summed E-state index contributed by atoms with van der Waals surface area (Å²) in [5.74, 6) is 0. The van der Waals surface area contributed by atoms with Crippen LogP contribution in [0.15, 0.2) is 24.3 Å². The van der Waals surface area contributed by atoms with E-state index in [4.69, 9.17) is 10.5 Å². The van der Waals surface area contributed by atoms with E-state index in [2.05, 4.69) is 0 Å². The summed E-state index contributed by atoms with van der Waals surface area (Å²) < 4.78 is 36.7. The molecule has 0 bridgehead atoms. The van der Waals surface area contributed by atoms with Crippen molar-refractivity contribution in [3.05, 3.63) is 39.9 Å². The molecule has 0 atom stereocenters. The SMILES string of the molecule is N#CC(C#N)(CCC(F)(F)F)Cc1ccc([N+](=O)[O-])cc1. The van der Waals surface area contributed by atoms with E-state index in [0.29, 0.717) is 5.56 Å². The molecule has 0 aliphatic rings. The summed E-state index contributed by atoms with van der Waals surface area (Å²) in [7, 11) is 0. The normalized spacial score (nSPS) is 11.5. The van der Waals surface area contributed by atoms with Crippen molar-refractivity contribution in [1.29, 1.82) is 10.5 Å². The molecule has 0 N–H and O–H groups in total. The van der Waals surface area contributed by atoms with Crippen LogP contribution in [0.25, 0.3) is 0 Å². The van der Waals surface area contributed by atoms with Gasteiger partial charge < -0.3 is 0 Å². The highest BCUT2D eigenvalue weighted by molar-refractivity contribution is 5.34. The van der Waals surface area contributed by atoms with Crippen molar-refractivity contribution in [3.8, 4) is 12.1 Å². The van der Waals surface area contributed by atoms with E-state index < -0.39 is 29.4 Å². The van der Waals surface area contributed by atoms with Crippen LogP contribution >= 0.6 is 0 Å². The monoisotopic (exact) mass is 297 g/mol. The first-order valence-electron chi connectivity index (χ1n) is 5.84. The third kappa shape index (κ3) is 4.77. The summed E-state index contributed by atoms with van der Waals surface area (Å²) in [5.41, 5.74) is -1.58. The van der Waals surface area contributed by atoms with Gasteiger partial charge in [-0.15, -0.1) is 0 Å². The van der Waals surface area contributed by atoms with Gasteiger partial charge in [0, 0.05) is 25.0 Å². The number of alkyl halides is 3. The molecule has 1 aromatic carbocycles. The Bertz CT molecular complexity index is 583. The number of nitro groups is 1. The zero-order valence-corrected chi connectivity index (χ0v) is 10.7. The quantitative estimate of drug-likeness (QED) is 0.614. The van der Waals surface area contributed by atoms with Crippen LogP contribution in [0.3, 0.4) is 0 Å². The summed E-state index contributed by atoms with van der Waals surface area (Å²) in [4.78, 5) is 9.88. The molecule has 0 amide bonds. The number of non-ortho nitro benzene ring substituents is 1. The number of halogens is 3. The van der Waals surface area contributed by atoms with E-state index in [1.807, 2.05) is 0 Å². The van der Waals surface area contributed by atoms with Gasteiger partial charge in [0.25, 0.3) is 5.69 Å². The maximum absolute atomic E-state index is 12.2. The molecule has 0 aliphatic heterocycles. The van der Waals surface area contributed by atoms with Gasteiger partial charge in [-0.25, -0.2) is 0 Å². The Morgan fingerprint density at radius 2 is 1.62 bits per heavy atom. The third-order valence-electron chi connectivity index (χ3n) is 2.92. The second-order valence-electron chi connectivity index (χ2n) is 4.52. The van der Waals surface area contributed by atoms with Crippen molar-refractivity contribution >= 4 is 5.69 Å². The molecule has 0 saturated carbocycles. The second-order valence-corrected chi connectivity index (χ2v) is 4.52. The van der Waals surface area contributed by atoms with Gasteiger partial charge in [-0.05, 0) is 12.0 Å². The van der Waals surface area contributed by atoms with E-state index in [9.17, 15) is 23.3 Å². The highest BCUT2D eigenvalue weighted by Crippen LogP contribution is 2.33. The van der Waals surface area contributed by atoms with Gasteiger partial charge in [0.2, 0.25) is 0 Å². The summed E-state index contributed by atoms with van der Waals surface area (Å²) in [6, 6.07) is 8.27. The van der Waals surface area contributed by atoms with Gasteiger partial charge >= 0.3 is 6.18 Å². The molecule has 1 aromatic rings. The van der Waals surface area contributed by atoms with E-state index in [1.165, 1.54) is 24.3 Å². The maximum atomic E-state index is 12.2. The molecule has 0 unspecified atom stereocenters. The molecule has 0 spiro atoms. The molecule has 110 valence electrons. The number of nitro benzene ring substituents is 1. The van der Waals surface area contributed by atoms with E-state index >= 15 is 0 Å². The number of hydrogen-bond acceptors (Lipinski definition) is 4. The zero-order chi connectivity index (χ0) is 16.1. The Kier molecular flexibility index (Phi) is 4.88. The number of nitrogens with zero attached hydrogens (tertiary/aromatic N) is 3. The Hall–Kier alpha value is -2.61. The van der Waals surface area contributed by atoms with Crippen LogP contribution < -0.4 is 0 Å². The average Bonchev–Trinajstić information content (AvgIpc) is 2.43. The van der Waals surface area contributed by atoms with Gasteiger partial charge in [0.15, 0.2) is 0 Å². The van der Waals surface area contributed by atoms with E-state index in [-0.39, 0.29) is 12.1 Å². The van der Waals surface area contributed by atoms with Gasteiger partial charge in [0.05, 0.1) is 17.1 Å². The van der Waals surface area contributed by atoms with Crippen LogP contribution in [0.2, 0.25) is 0 Å². The lowest BCUT2D eigenvalue weighted by Crippen LogP contribution is -2.23. The molecule has 0 fully saturated rings. The summed E-state index contributed by atoms with van der Waals surface area (Å²) >= 11 is 0. The van der Waals surface area contributed by atoms with Crippen molar-refractivity contribution < 1.29 is 18.1 Å². The molecule has 0 aromatic heterocycles. The number of nitriles is 2. The summed E-state index contributed by atoms with van der Waals surface area (Å²) in [5, 5.41) is 28.6. The largest absolute Gasteiger partial charge is 0.389 e. The number of hydrogen-bond donors (Lipinski definition) is 0. The Morgan fingerprint density at radius 1 is 1.10 bits per heavy atom. The maximum Gasteiger partial charge on any atom is 0.389 e. The number of benzene rings is 1. The molecule has 21 heavy (non-hydrogen) atoms. The predicted octanol–water partition coefficient (Wildman–Crippen LogP) is 3.51. The van der Waals surface area contributed by atoms with Crippen molar-refractivity contribution in [1.82, 2.24) is 0 Å². The minimum absolute atomic E-state index is 0.173. The molecular weight excluding hydrogens is 287 g/mol. The number of rotatable bonds is 5. The van der Waals surface area contributed by atoms with Crippen molar-refractivity contribution in [3.63, 3.8) is 0 Å². The van der Waals surface area contributed by atoms with E-state index in [0.717, 1.165) is 0 Å². The first-order valence-corrected chi connectivity index (χ1v) is 5.84. The van der Waals surface area contributed by atoms with Crippen LogP contribution in [0.4, 0.5) is 18.9 Å². The molecule has 8 heteroatoms. The minimum atomic E-state index is -4.45. The molecule has 0 saturated heterocycles. The Balaban J connectivity index is 2.91. The molecule has 0 radical (unpaired) electrons. The van der Waals surface area contributed by atoms with Crippen molar-refractivity contribution in [2.75, 3.05) is 0 Å². The Labute approximate surface area is 118 Å². The third-order valence-corrected chi connectivity index (χ3v) is 2.92. The molecule has 0 aliphatic carbocycles. The van der Waals surface area contributed by atoms with Crippen molar-refractivity contribution in [2.45, 2.75) is 25.4 Å². The first-order chi connectivity index (χ1) is 9.71. The highest BCUT2D eigenvalue weighted by atomic mass is 19.4. The Morgan fingerprint density at radius 3 is 2.00 bits per heavy atom.